The standard InChI is InChI=1S/C15H24N2/c1-11-6-7-12(2)14(8-11)17-13(3)9-16-10-15(17,4)5/h6-8,13,16H,9-10H2,1-5H3. The van der Waals surface area contributed by atoms with Crippen LogP contribution in [0.5, 0.6) is 0 Å². The molecule has 1 aromatic rings. The Morgan fingerprint density at radius 2 is 2.00 bits per heavy atom. The fourth-order valence-corrected chi connectivity index (χ4v) is 2.90. The molecule has 1 unspecified atom stereocenters. The topological polar surface area (TPSA) is 15.3 Å². The van der Waals surface area contributed by atoms with Crippen molar-refractivity contribution in [3.8, 4) is 0 Å². The van der Waals surface area contributed by atoms with E-state index in [1.54, 1.807) is 0 Å². The third kappa shape index (κ3) is 2.32. The quantitative estimate of drug-likeness (QED) is 0.801. The van der Waals surface area contributed by atoms with Gasteiger partial charge in [-0.2, -0.15) is 0 Å². The van der Waals surface area contributed by atoms with Crippen LogP contribution in [0.1, 0.15) is 31.9 Å². The average Bonchev–Trinajstić information content (AvgIpc) is 2.22. The lowest BCUT2D eigenvalue weighted by molar-refractivity contribution is 0.333. The van der Waals surface area contributed by atoms with Gasteiger partial charge in [-0.05, 0) is 51.8 Å². The first kappa shape index (κ1) is 12.4. The molecule has 0 saturated carbocycles. The Balaban J connectivity index is 2.45. The van der Waals surface area contributed by atoms with Crippen molar-refractivity contribution in [2.24, 2.45) is 0 Å². The summed E-state index contributed by atoms with van der Waals surface area (Å²) in [6.07, 6.45) is 0. The van der Waals surface area contributed by atoms with Crippen molar-refractivity contribution < 1.29 is 0 Å². The van der Waals surface area contributed by atoms with E-state index < -0.39 is 0 Å². The molecule has 0 radical (unpaired) electrons. The molecule has 1 N–H and O–H groups in total. The Kier molecular flexibility index (Phi) is 3.17. The molecule has 94 valence electrons. The second kappa shape index (κ2) is 4.34. The molecule has 0 bridgehead atoms. The lowest BCUT2D eigenvalue weighted by Crippen LogP contribution is -2.62. The third-order valence-corrected chi connectivity index (χ3v) is 3.71. The maximum Gasteiger partial charge on any atom is 0.0473 e. The normalized spacial score (nSPS) is 23.8. The second-order valence-corrected chi connectivity index (χ2v) is 5.95. The second-order valence-electron chi connectivity index (χ2n) is 5.95. The number of piperazine rings is 1. The highest BCUT2D eigenvalue weighted by Crippen LogP contribution is 2.31. The minimum atomic E-state index is 0.177. The molecule has 1 atom stereocenters. The van der Waals surface area contributed by atoms with Crippen LogP contribution in [-0.4, -0.2) is 24.7 Å². The number of benzene rings is 1. The molecule has 1 saturated heterocycles. The number of aryl methyl sites for hydroxylation is 2. The Morgan fingerprint density at radius 1 is 1.29 bits per heavy atom. The highest BCUT2D eigenvalue weighted by Gasteiger charge is 2.34. The summed E-state index contributed by atoms with van der Waals surface area (Å²) < 4.78 is 0. The summed E-state index contributed by atoms with van der Waals surface area (Å²) >= 11 is 0. The zero-order valence-electron chi connectivity index (χ0n) is 11.7. The molecule has 1 heterocycles. The maximum absolute atomic E-state index is 3.52. The van der Waals surface area contributed by atoms with Crippen LogP contribution in [-0.2, 0) is 0 Å². The summed E-state index contributed by atoms with van der Waals surface area (Å²) in [5.74, 6) is 0. The predicted molar refractivity (Wildman–Crippen MR) is 74.8 cm³/mol. The molecule has 1 aliphatic heterocycles. The van der Waals surface area contributed by atoms with Gasteiger partial charge in [0.1, 0.15) is 0 Å². The van der Waals surface area contributed by atoms with E-state index >= 15 is 0 Å². The van der Waals surface area contributed by atoms with E-state index in [0.29, 0.717) is 6.04 Å². The zero-order chi connectivity index (χ0) is 12.6. The average molecular weight is 232 g/mol. The van der Waals surface area contributed by atoms with E-state index in [1.807, 2.05) is 0 Å². The lowest BCUT2D eigenvalue weighted by Gasteiger charge is -2.49. The van der Waals surface area contributed by atoms with Gasteiger partial charge in [0.05, 0.1) is 0 Å². The van der Waals surface area contributed by atoms with Gasteiger partial charge in [-0.3, -0.25) is 0 Å². The molecule has 1 aromatic carbocycles. The summed E-state index contributed by atoms with van der Waals surface area (Å²) in [6.45, 7) is 13.4. The lowest BCUT2D eigenvalue weighted by atomic mass is 9.94. The molecule has 2 rings (SSSR count). The van der Waals surface area contributed by atoms with Crippen molar-refractivity contribution in [3.63, 3.8) is 0 Å². The van der Waals surface area contributed by atoms with E-state index in [1.165, 1.54) is 16.8 Å². The zero-order valence-corrected chi connectivity index (χ0v) is 11.7. The maximum atomic E-state index is 3.52. The Hall–Kier alpha value is -1.02. The van der Waals surface area contributed by atoms with Gasteiger partial charge in [-0.15, -0.1) is 0 Å². The molecule has 0 aromatic heterocycles. The number of hydrogen-bond acceptors (Lipinski definition) is 2. The highest BCUT2D eigenvalue weighted by molar-refractivity contribution is 5.58. The first-order valence-corrected chi connectivity index (χ1v) is 6.49. The van der Waals surface area contributed by atoms with Crippen molar-refractivity contribution in [2.45, 2.75) is 46.2 Å². The van der Waals surface area contributed by atoms with E-state index in [0.717, 1.165) is 13.1 Å². The highest BCUT2D eigenvalue weighted by atomic mass is 15.3. The van der Waals surface area contributed by atoms with Crippen LogP contribution in [0.25, 0.3) is 0 Å². The molecule has 17 heavy (non-hydrogen) atoms. The van der Waals surface area contributed by atoms with Crippen molar-refractivity contribution >= 4 is 5.69 Å². The molecule has 1 aliphatic rings. The summed E-state index contributed by atoms with van der Waals surface area (Å²) in [7, 11) is 0. The molecule has 0 aliphatic carbocycles. The van der Waals surface area contributed by atoms with Crippen molar-refractivity contribution in [3.05, 3.63) is 29.3 Å². The molecular formula is C15H24N2. The van der Waals surface area contributed by atoms with E-state index in [4.69, 9.17) is 0 Å². The number of anilines is 1. The summed E-state index contributed by atoms with van der Waals surface area (Å²) in [5.41, 5.74) is 4.28. The molecule has 2 nitrogen and oxygen atoms in total. The monoisotopic (exact) mass is 232 g/mol. The molecule has 1 fully saturated rings. The van der Waals surface area contributed by atoms with Crippen LogP contribution >= 0.6 is 0 Å². The fraction of sp³-hybridized carbons (Fsp3) is 0.600. The van der Waals surface area contributed by atoms with Crippen LogP contribution in [0.3, 0.4) is 0 Å². The molecule has 0 amide bonds. The van der Waals surface area contributed by atoms with E-state index in [9.17, 15) is 0 Å². The number of nitrogens with one attached hydrogen (secondary N) is 1. The van der Waals surface area contributed by atoms with Crippen LogP contribution in [0.15, 0.2) is 18.2 Å². The van der Waals surface area contributed by atoms with Gasteiger partial charge in [0, 0.05) is 30.4 Å². The molecule has 2 heteroatoms. The first-order chi connectivity index (χ1) is 7.92. The fourth-order valence-electron chi connectivity index (χ4n) is 2.90. The smallest absolute Gasteiger partial charge is 0.0473 e. The minimum Gasteiger partial charge on any atom is -0.361 e. The van der Waals surface area contributed by atoms with Crippen LogP contribution in [0, 0.1) is 13.8 Å². The molecular weight excluding hydrogens is 208 g/mol. The van der Waals surface area contributed by atoms with Crippen molar-refractivity contribution in [1.29, 1.82) is 0 Å². The van der Waals surface area contributed by atoms with Gasteiger partial charge in [-0.25, -0.2) is 0 Å². The van der Waals surface area contributed by atoms with E-state index in [-0.39, 0.29) is 5.54 Å². The van der Waals surface area contributed by atoms with Crippen LogP contribution in [0.2, 0.25) is 0 Å². The van der Waals surface area contributed by atoms with Gasteiger partial charge in [-0.1, -0.05) is 12.1 Å². The summed E-state index contributed by atoms with van der Waals surface area (Å²) in [5, 5.41) is 3.52. The summed E-state index contributed by atoms with van der Waals surface area (Å²) in [6, 6.07) is 7.28. The van der Waals surface area contributed by atoms with Gasteiger partial charge in [0.2, 0.25) is 0 Å². The Labute approximate surface area is 105 Å². The number of hydrogen-bond donors (Lipinski definition) is 1. The summed E-state index contributed by atoms with van der Waals surface area (Å²) in [4.78, 5) is 2.58. The van der Waals surface area contributed by atoms with Gasteiger partial charge < -0.3 is 10.2 Å². The van der Waals surface area contributed by atoms with Crippen molar-refractivity contribution in [1.82, 2.24) is 5.32 Å². The van der Waals surface area contributed by atoms with Crippen LogP contribution < -0.4 is 10.2 Å². The number of rotatable bonds is 1. The third-order valence-electron chi connectivity index (χ3n) is 3.71. The largest absolute Gasteiger partial charge is 0.361 e. The van der Waals surface area contributed by atoms with Gasteiger partial charge in [0.15, 0.2) is 0 Å². The van der Waals surface area contributed by atoms with E-state index in [2.05, 4.69) is 63.0 Å². The molecule has 0 spiro atoms. The van der Waals surface area contributed by atoms with Crippen molar-refractivity contribution in [2.75, 3.05) is 18.0 Å². The Bertz CT molecular complexity index is 409. The predicted octanol–water partition coefficient (Wildman–Crippen LogP) is 2.88. The van der Waals surface area contributed by atoms with Crippen LogP contribution in [0.4, 0.5) is 5.69 Å². The SMILES string of the molecule is Cc1ccc(C)c(N2C(C)CNCC2(C)C)c1. The van der Waals surface area contributed by atoms with Gasteiger partial charge in [0.25, 0.3) is 0 Å². The number of nitrogens with zero attached hydrogens (tertiary/aromatic N) is 1. The van der Waals surface area contributed by atoms with Gasteiger partial charge >= 0.3 is 0 Å². The Morgan fingerprint density at radius 3 is 2.65 bits per heavy atom. The first-order valence-electron chi connectivity index (χ1n) is 6.49. The minimum absolute atomic E-state index is 0.177.